The molecule has 0 aliphatic heterocycles. The van der Waals surface area contributed by atoms with Gasteiger partial charge in [-0.15, -0.1) is 0 Å². The fourth-order valence-corrected chi connectivity index (χ4v) is 1.74. The third-order valence-corrected chi connectivity index (χ3v) is 2.72. The Morgan fingerprint density at radius 2 is 2.00 bits per heavy atom. The lowest BCUT2D eigenvalue weighted by molar-refractivity contribution is 0.0156. The summed E-state index contributed by atoms with van der Waals surface area (Å²) in [4.78, 5) is 0. The molecule has 0 heterocycles. The number of halogens is 1. The first kappa shape index (κ1) is 8.98. The summed E-state index contributed by atoms with van der Waals surface area (Å²) in [7, 11) is 0. The van der Waals surface area contributed by atoms with Crippen LogP contribution in [0.15, 0.2) is 0 Å². The standard InChI is InChI=1S/C9H17FO/c1-6(2)7-3-4-9(11)8(10)5-7/h6-9,11H,3-5H2,1-2H3/t7-,8-,9-/m1/s1. The molecular weight excluding hydrogens is 143 g/mol. The van der Waals surface area contributed by atoms with Gasteiger partial charge in [0.15, 0.2) is 0 Å². The van der Waals surface area contributed by atoms with Gasteiger partial charge in [0.25, 0.3) is 0 Å². The predicted octanol–water partition coefficient (Wildman–Crippen LogP) is 2.14. The number of rotatable bonds is 1. The minimum absolute atomic E-state index is 0.480. The van der Waals surface area contributed by atoms with E-state index in [1.165, 1.54) is 0 Å². The van der Waals surface area contributed by atoms with Gasteiger partial charge >= 0.3 is 0 Å². The second kappa shape index (κ2) is 3.53. The zero-order valence-electron chi connectivity index (χ0n) is 7.26. The van der Waals surface area contributed by atoms with Gasteiger partial charge in [-0.2, -0.15) is 0 Å². The second-order valence-corrected chi connectivity index (χ2v) is 3.90. The average molecular weight is 160 g/mol. The van der Waals surface area contributed by atoms with Crippen LogP contribution in [0, 0.1) is 11.8 Å². The molecule has 1 fully saturated rings. The van der Waals surface area contributed by atoms with Crippen molar-refractivity contribution in [1.29, 1.82) is 0 Å². The Labute approximate surface area is 67.6 Å². The summed E-state index contributed by atoms with van der Waals surface area (Å²) in [6, 6.07) is 0. The zero-order valence-corrected chi connectivity index (χ0v) is 7.26. The summed E-state index contributed by atoms with van der Waals surface area (Å²) in [5, 5.41) is 9.10. The third kappa shape index (κ3) is 2.16. The highest BCUT2D eigenvalue weighted by Crippen LogP contribution is 2.31. The minimum Gasteiger partial charge on any atom is -0.390 e. The number of aliphatic hydroxyl groups is 1. The molecule has 1 aliphatic rings. The maximum absolute atomic E-state index is 12.9. The van der Waals surface area contributed by atoms with E-state index >= 15 is 0 Å². The molecule has 0 saturated heterocycles. The number of aliphatic hydroxyl groups excluding tert-OH is 1. The van der Waals surface area contributed by atoms with Crippen molar-refractivity contribution in [2.45, 2.75) is 45.4 Å². The number of alkyl halides is 1. The van der Waals surface area contributed by atoms with E-state index in [1.54, 1.807) is 0 Å². The third-order valence-electron chi connectivity index (χ3n) is 2.72. The normalized spacial score (nSPS) is 39.5. The predicted molar refractivity (Wildman–Crippen MR) is 43.1 cm³/mol. The second-order valence-electron chi connectivity index (χ2n) is 3.90. The molecule has 0 aromatic rings. The molecule has 0 aromatic carbocycles. The molecule has 2 heteroatoms. The summed E-state index contributed by atoms with van der Waals surface area (Å²) in [6.45, 7) is 4.24. The lowest BCUT2D eigenvalue weighted by Gasteiger charge is -2.30. The van der Waals surface area contributed by atoms with Crippen molar-refractivity contribution in [3.8, 4) is 0 Å². The maximum atomic E-state index is 12.9. The van der Waals surface area contributed by atoms with E-state index in [0.29, 0.717) is 24.7 Å². The topological polar surface area (TPSA) is 20.2 Å². The van der Waals surface area contributed by atoms with Gasteiger partial charge in [-0.05, 0) is 31.1 Å². The van der Waals surface area contributed by atoms with E-state index < -0.39 is 12.3 Å². The van der Waals surface area contributed by atoms with Crippen LogP contribution in [-0.4, -0.2) is 17.4 Å². The summed E-state index contributed by atoms with van der Waals surface area (Å²) >= 11 is 0. The van der Waals surface area contributed by atoms with Crippen LogP contribution in [0.4, 0.5) is 4.39 Å². The van der Waals surface area contributed by atoms with Gasteiger partial charge in [0.1, 0.15) is 6.17 Å². The molecule has 11 heavy (non-hydrogen) atoms. The molecule has 0 bridgehead atoms. The van der Waals surface area contributed by atoms with Crippen molar-refractivity contribution in [3.63, 3.8) is 0 Å². The molecule has 0 unspecified atom stereocenters. The summed E-state index contributed by atoms with van der Waals surface area (Å²) in [5.74, 6) is 1.04. The van der Waals surface area contributed by atoms with Gasteiger partial charge in [0.05, 0.1) is 6.10 Å². The van der Waals surface area contributed by atoms with Crippen LogP contribution in [0.3, 0.4) is 0 Å². The Bertz CT molecular complexity index is 125. The van der Waals surface area contributed by atoms with E-state index in [4.69, 9.17) is 5.11 Å². The highest BCUT2D eigenvalue weighted by molar-refractivity contribution is 4.80. The SMILES string of the molecule is CC(C)[C@@H]1CC[C@@H](O)[C@H](F)C1. The molecule has 0 amide bonds. The Balaban J connectivity index is 2.40. The van der Waals surface area contributed by atoms with E-state index in [0.717, 1.165) is 6.42 Å². The van der Waals surface area contributed by atoms with E-state index in [-0.39, 0.29) is 0 Å². The maximum Gasteiger partial charge on any atom is 0.126 e. The van der Waals surface area contributed by atoms with Crippen molar-refractivity contribution < 1.29 is 9.50 Å². The molecular formula is C9H17FO. The van der Waals surface area contributed by atoms with Crippen LogP contribution in [0.1, 0.15) is 33.1 Å². The van der Waals surface area contributed by atoms with Gasteiger partial charge in [-0.25, -0.2) is 4.39 Å². The minimum atomic E-state index is -0.976. The van der Waals surface area contributed by atoms with Gasteiger partial charge in [0, 0.05) is 0 Å². The first-order valence-corrected chi connectivity index (χ1v) is 4.43. The summed E-state index contributed by atoms with van der Waals surface area (Å²) < 4.78 is 12.9. The van der Waals surface area contributed by atoms with Gasteiger partial charge in [-0.3, -0.25) is 0 Å². The van der Waals surface area contributed by atoms with Gasteiger partial charge < -0.3 is 5.11 Å². The van der Waals surface area contributed by atoms with Crippen LogP contribution in [0.2, 0.25) is 0 Å². The van der Waals surface area contributed by atoms with Gasteiger partial charge in [0.2, 0.25) is 0 Å². The Morgan fingerprint density at radius 1 is 1.36 bits per heavy atom. The van der Waals surface area contributed by atoms with Crippen molar-refractivity contribution in [2.75, 3.05) is 0 Å². The Hall–Kier alpha value is -0.110. The molecule has 0 spiro atoms. The highest BCUT2D eigenvalue weighted by atomic mass is 19.1. The Morgan fingerprint density at radius 3 is 2.45 bits per heavy atom. The summed E-state index contributed by atoms with van der Waals surface area (Å²) in [6.07, 6.45) is 0.517. The monoisotopic (exact) mass is 160 g/mol. The highest BCUT2D eigenvalue weighted by Gasteiger charge is 2.30. The van der Waals surface area contributed by atoms with E-state index in [1.807, 2.05) is 0 Å². The lowest BCUT2D eigenvalue weighted by atomic mass is 9.80. The van der Waals surface area contributed by atoms with Crippen molar-refractivity contribution >= 4 is 0 Å². The molecule has 1 N–H and O–H groups in total. The van der Waals surface area contributed by atoms with Crippen molar-refractivity contribution in [1.82, 2.24) is 0 Å². The van der Waals surface area contributed by atoms with Crippen LogP contribution in [0.25, 0.3) is 0 Å². The molecule has 1 nitrogen and oxygen atoms in total. The zero-order chi connectivity index (χ0) is 8.43. The lowest BCUT2D eigenvalue weighted by Crippen LogP contribution is -2.32. The molecule has 1 saturated carbocycles. The largest absolute Gasteiger partial charge is 0.390 e. The fourth-order valence-electron chi connectivity index (χ4n) is 1.74. The molecule has 1 rings (SSSR count). The quantitative estimate of drug-likeness (QED) is 0.623. The van der Waals surface area contributed by atoms with Crippen molar-refractivity contribution in [2.24, 2.45) is 11.8 Å². The molecule has 0 radical (unpaired) electrons. The summed E-state index contributed by atoms with van der Waals surface area (Å²) in [5.41, 5.74) is 0. The molecule has 66 valence electrons. The van der Waals surface area contributed by atoms with Crippen LogP contribution < -0.4 is 0 Å². The van der Waals surface area contributed by atoms with E-state index in [9.17, 15) is 4.39 Å². The Kier molecular flexibility index (Phi) is 2.88. The first-order chi connectivity index (χ1) is 5.11. The average Bonchev–Trinajstić information content (AvgIpc) is 1.94. The number of hydrogen-bond acceptors (Lipinski definition) is 1. The molecule has 1 aliphatic carbocycles. The van der Waals surface area contributed by atoms with Crippen molar-refractivity contribution in [3.05, 3.63) is 0 Å². The number of hydrogen-bond donors (Lipinski definition) is 1. The van der Waals surface area contributed by atoms with Crippen LogP contribution in [0.5, 0.6) is 0 Å². The van der Waals surface area contributed by atoms with Crippen LogP contribution >= 0.6 is 0 Å². The molecule has 3 atom stereocenters. The van der Waals surface area contributed by atoms with Crippen LogP contribution in [-0.2, 0) is 0 Å². The van der Waals surface area contributed by atoms with E-state index in [2.05, 4.69) is 13.8 Å². The molecule has 0 aromatic heterocycles. The first-order valence-electron chi connectivity index (χ1n) is 4.43. The smallest absolute Gasteiger partial charge is 0.126 e. The fraction of sp³-hybridized carbons (Fsp3) is 1.00. The van der Waals surface area contributed by atoms with Gasteiger partial charge in [-0.1, -0.05) is 13.8 Å².